The fraction of sp³-hybridized carbons (Fsp3) is 1.00. The molecule has 2 nitrogen and oxygen atoms in total. The number of nitrogens with one attached hydrogen (secondary N) is 1. The van der Waals surface area contributed by atoms with Crippen LogP contribution < -0.4 is 5.32 Å². The smallest absolute Gasteiger partial charge is 0.0280 e. The van der Waals surface area contributed by atoms with E-state index in [2.05, 4.69) is 31.0 Å². The predicted molar refractivity (Wildman–Crippen MR) is 69.6 cm³/mol. The fourth-order valence-electron chi connectivity index (χ4n) is 3.67. The summed E-state index contributed by atoms with van der Waals surface area (Å²) in [5.74, 6) is 1.77. The van der Waals surface area contributed by atoms with Crippen LogP contribution >= 0.6 is 0 Å². The minimum Gasteiger partial charge on any atom is -0.310 e. The molecule has 0 bridgehead atoms. The summed E-state index contributed by atoms with van der Waals surface area (Å²) < 4.78 is 0. The first kappa shape index (κ1) is 12.4. The maximum atomic E-state index is 3.73. The van der Waals surface area contributed by atoms with E-state index in [0.29, 0.717) is 5.54 Å². The van der Waals surface area contributed by atoms with Gasteiger partial charge in [0.2, 0.25) is 0 Å². The number of hydrogen-bond acceptors (Lipinski definition) is 2. The molecular formula is C14H28N2. The van der Waals surface area contributed by atoms with E-state index in [1.54, 1.807) is 0 Å². The second-order valence-electron chi connectivity index (χ2n) is 6.58. The van der Waals surface area contributed by atoms with Crippen LogP contribution in [0.25, 0.3) is 0 Å². The molecule has 3 atom stereocenters. The van der Waals surface area contributed by atoms with Gasteiger partial charge in [0, 0.05) is 25.2 Å². The highest BCUT2D eigenvalue weighted by Gasteiger charge is 2.31. The Balaban J connectivity index is 1.87. The Hall–Kier alpha value is -0.0800. The molecule has 2 heteroatoms. The van der Waals surface area contributed by atoms with Crippen LogP contribution in [0.15, 0.2) is 0 Å². The van der Waals surface area contributed by atoms with Crippen molar-refractivity contribution in [3.63, 3.8) is 0 Å². The Kier molecular flexibility index (Phi) is 3.91. The predicted octanol–water partition coefficient (Wildman–Crippen LogP) is 2.50. The number of nitrogens with zero attached hydrogens (tertiary/aromatic N) is 1. The summed E-state index contributed by atoms with van der Waals surface area (Å²) in [6.07, 6.45) is 5.54. The van der Waals surface area contributed by atoms with Crippen molar-refractivity contribution in [2.75, 3.05) is 26.2 Å². The van der Waals surface area contributed by atoms with Crippen LogP contribution in [0.4, 0.5) is 0 Å². The summed E-state index contributed by atoms with van der Waals surface area (Å²) in [5, 5.41) is 3.73. The molecule has 0 radical (unpaired) electrons. The number of hydrogen-bond donors (Lipinski definition) is 1. The number of piperidine rings is 2. The molecule has 2 aliphatic heterocycles. The highest BCUT2D eigenvalue weighted by atomic mass is 15.2. The molecule has 2 fully saturated rings. The Morgan fingerprint density at radius 3 is 2.44 bits per heavy atom. The minimum atomic E-state index is 0.384. The molecule has 0 saturated carbocycles. The minimum absolute atomic E-state index is 0.384. The maximum Gasteiger partial charge on any atom is 0.0280 e. The number of rotatable bonds is 2. The first-order valence-corrected chi connectivity index (χ1v) is 7.05. The highest BCUT2D eigenvalue weighted by molar-refractivity contribution is 4.91. The van der Waals surface area contributed by atoms with Gasteiger partial charge in [-0.05, 0) is 44.6 Å². The summed E-state index contributed by atoms with van der Waals surface area (Å²) in [6, 6.07) is 0. The van der Waals surface area contributed by atoms with Crippen molar-refractivity contribution in [1.29, 1.82) is 0 Å². The molecule has 0 amide bonds. The van der Waals surface area contributed by atoms with E-state index in [0.717, 1.165) is 11.8 Å². The fourth-order valence-corrected chi connectivity index (χ4v) is 3.67. The molecule has 2 rings (SSSR count). The van der Waals surface area contributed by atoms with Crippen molar-refractivity contribution in [2.45, 2.75) is 52.0 Å². The van der Waals surface area contributed by atoms with Crippen molar-refractivity contribution in [3.8, 4) is 0 Å². The largest absolute Gasteiger partial charge is 0.310 e. The summed E-state index contributed by atoms with van der Waals surface area (Å²) >= 11 is 0. The second kappa shape index (κ2) is 5.05. The third-order valence-electron chi connectivity index (χ3n) is 4.22. The van der Waals surface area contributed by atoms with Gasteiger partial charge in [0.25, 0.3) is 0 Å². The van der Waals surface area contributed by atoms with E-state index < -0.39 is 0 Å². The molecule has 0 aromatic carbocycles. The van der Waals surface area contributed by atoms with Gasteiger partial charge in [-0.2, -0.15) is 0 Å². The Morgan fingerprint density at radius 2 is 1.88 bits per heavy atom. The van der Waals surface area contributed by atoms with E-state index in [9.17, 15) is 0 Å². The molecule has 2 heterocycles. The SMILES string of the molecule is CC1CC(C)CN(CC2(C)CCCCN2)C1. The Labute approximate surface area is 101 Å². The van der Waals surface area contributed by atoms with Gasteiger partial charge in [-0.25, -0.2) is 0 Å². The average Bonchev–Trinajstić information content (AvgIpc) is 2.15. The van der Waals surface area contributed by atoms with E-state index in [1.165, 1.54) is 51.9 Å². The van der Waals surface area contributed by atoms with Gasteiger partial charge >= 0.3 is 0 Å². The summed E-state index contributed by atoms with van der Waals surface area (Å²) in [4.78, 5) is 2.69. The molecule has 2 aliphatic rings. The summed E-state index contributed by atoms with van der Waals surface area (Å²) in [6.45, 7) is 12.3. The molecule has 1 N–H and O–H groups in total. The van der Waals surface area contributed by atoms with Crippen molar-refractivity contribution in [2.24, 2.45) is 11.8 Å². The summed E-state index contributed by atoms with van der Waals surface area (Å²) in [5.41, 5.74) is 0.384. The highest BCUT2D eigenvalue weighted by Crippen LogP contribution is 2.25. The maximum absolute atomic E-state index is 3.73. The zero-order chi connectivity index (χ0) is 11.6. The first-order valence-electron chi connectivity index (χ1n) is 7.05. The summed E-state index contributed by atoms with van der Waals surface area (Å²) in [7, 11) is 0. The van der Waals surface area contributed by atoms with E-state index in [1.807, 2.05) is 0 Å². The van der Waals surface area contributed by atoms with Crippen LogP contribution in [-0.2, 0) is 0 Å². The van der Waals surface area contributed by atoms with Crippen LogP contribution in [0.1, 0.15) is 46.5 Å². The van der Waals surface area contributed by atoms with Gasteiger partial charge in [-0.3, -0.25) is 0 Å². The standard InChI is InChI=1S/C14H28N2/c1-12-8-13(2)10-16(9-12)11-14(3)6-4-5-7-15-14/h12-13,15H,4-11H2,1-3H3. The monoisotopic (exact) mass is 224 g/mol. The van der Waals surface area contributed by atoms with E-state index >= 15 is 0 Å². The van der Waals surface area contributed by atoms with Crippen molar-refractivity contribution in [1.82, 2.24) is 10.2 Å². The lowest BCUT2D eigenvalue weighted by atomic mass is 9.87. The molecule has 2 saturated heterocycles. The molecule has 0 spiro atoms. The quantitative estimate of drug-likeness (QED) is 0.775. The van der Waals surface area contributed by atoms with E-state index in [4.69, 9.17) is 0 Å². The van der Waals surface area contributed by atoms with Gasteiger partial charge < -0.3 is 10.2 Å². The van der Waals surface area contributed by atoms with Crippen LogP contribution in [-0.4, -0.2) is 36.6 Å². The molecule has 0 aromatic rings. The zero-order valence-electron chi connectivity index (χ0n) is 11.3. The molecule has 0 aliphatic carbocycles. The lowest BCUT2D eigenvalue weighted by Gasteiger charge is -2.43. The van der Waals surface area contributed by atoms with Gasteiger partial charge in [-0.15, -0.1) is 0 Å². The van der Waals surface area contributed by atoms with Crippen molar-refractivity contribution >= 4 is 0 Å². The van der Waals surface area contributed by atoms with Crippen LogP contribution in [0, 0.1) is 11.8 Å². The molecule has 94 valence electrons. The Morgan fingerprint density at radius 1 is 1.19 bits per heavy atom. The molecule has 0 aromatic heterocycles. The third-order valence-corrected chi connectivity index (χ3v) is 4.22. The topological polar surface area (TPSA) is 15.3 Å². The van der Waals surface area contributed by atoms with E-state index in [-0.39, 0.29) is 0 Å². The molecule has 16 heavy (non-hydrogen) atoms. The van der Waals surface area contributed by atoms with Gasteiger partial charge in [0.1, 0.15) is 0 Å². The molecular weight excluding hydrogens is 196 g/mol. The van der Waals surface area contributed by atoms with Crippen LogP contribution in [0.5, 0.6) is 0 Å². The third kappa shape index (κ3) is 3.21. The van der Waals surface area contributed by atoms with Gasteiger partial charge in [0.05, 0.1) is 0 Å². The normalized spacial score (nSPS) is 42.2. The van der Waals surface area contributed by atoms with Crippen LogP contribution in [0.3, 0.4) is 0 Å². The number of likely N-dealkylation sites (tertiary alicyclic amines) is 1. The lowest BCUT2D eigenvalue weighted by molar-refractivity contribution is 0.0949. The average molecular weight is 224 g/mol. The lowest BCUT2D eigenvalue weighted by Crippen LogP contribution is -2.55. The zero-order valence-corrected chi connectivity index (χ0v) is 11.3. The van der Waals surface area contributed by atoms with Gasteiger partial charge in [-0.1, -0.05) is 20.3 Å². The Bertz CT molecular complexity index is 211. The first-order chi connectivity index (χ1) is 7.57. The molecule has 3 unspecified atom stereocenters. The van der Waals surface area contributed by atoms with Crippen molar-refractivity contribution in [3.05, 3.63) is 0 Å². The second-order valence-corrected chi connectivity index (χ2v) is 6.58. The van der Waals surface area contributed by atoms with Crippen molar-refractivity contribution < 1.29 is 0 Å². The van der Waals surface area contributed by atoms with Crippen LogP contribution in [0.2, 0.25) is 0 Å². The van der Waals surface area contributed by atoms with Gasteiger partial charge in [0.15, 0.2) is 0 Å².